The third-order valence-electron chi connectivity index (χ3n) is 1.92. The minimum absolute atomic E-state index is 0.350. The van der Waals surface area contributed by atoms with E-state index in [2.05, 4.69) is 4.98 Å². The summed E-state index contributed by atoms with van der Waals surface area (Å²) in [5.41, 5.74) is 1.69. The summed E-state index contributed by atoms with van der Waals surface area (Å²) in [7, 11) is 1.61. The van der Waals surface area contributed by atoms with Crippen molar-refractivity contribution in [2.24, 2.45) is 0 Å². The molecule has 1 aromatic rings. The molecule has 0 N–H and O–H groups in total. The Morgan fingerprint density at radius 1 is 1.69 bits per heavy atom. The second kappa shape index (κ2) is 5.58. The van der Waals surface area contributed by atoms with Crippen LogP contribution in [0, 0.1) is 18.3 Å². The van der Waals surface area contributed by atoms with E-state index in [1.165, 1.54) is 10.5 Å². The van der Waals surface area contributed by atoms with Crippen LogP contribution in [-0.2, 0) is 15.4 Å². The highest BCUT2D eigenvalue weighted by Gasteiger charge is 2.14. The van der Waals surface area contributed by atoms with Gasteiger partial charge in [0.1, 0.15) is 6.07 Å². The predicted molar refractivity (Wildman–Crippen MR) is 61.9 cm³/mol. The second-order valence-electron chi connectivity index (χ2n) is 3.08. The zero-order valence-corrected chi connectivity index (χ0v) is 10.2. The first kappa shape index (κ1) is 12.6. The quantitative estimate of drug-likeness (QED) is 0.794. The molecule has 0 saturated heterocycles. The Morgan fingerprint density at radius 3 is 2.94 bits per heavy atom. The molecule has 1 atom stereocenters. The minimum atomic E-state index is -1.58. The summed E-state index contributed by atoms with van der Waals surface area (Å²) in [5, 5.41) is 8.91. The van der Waals surface area contributed by atoms with Crippen molar-refractivity contribution in [2.75, 3.05) is 18.0 Å². The molecule has 0 spiro atoms. The molecule has 16 heavy (non-hydrogen) atoms. The highest BCUT2D eigenvalue weighted by molar-refractivity contribution is 7.81. The lowest BCUT2D eigenvalue weighted by molar-refractivity contribution is 0.371. The molecule has 1 heterocycles. The number of aryl methyl sites for hydroxylation is 1. The number of aromatic nitrogens is 1. The van der Waals surface area contributed by atoms with Crippen molar-refractivity contribution < 1.29 is 8.39 Å². The molecule has 6 heteroatoms. The summed E-state index contributed by atoms with van der Waals surface area (Å²) in [6, 6.07) is 3.71. The van der Waals surface area contributed by atoms with Crippen LogP contribution < -0.4 is 4.31 Å². The molecular formula is C10H13N3O2S. The van der Waals surface area contributed by atoms with Crippen molar-refractivity contribution in [3.63, 3.8) is 0 Å². The average Bonchev–Trinajstić information content (AvgIpc) is 2.28. The highest BCUT2D eigenvalue weighted by Crippen LogP contribution is 2.20. The molecule has 0 saturated carbocycles. The van der Waals surface area contributed by atoms with Crippen LogP contribution in [-0.4, -0.2) is 22.8 Å². The summed E-state index contributed by atoms with van der Waals surface area (Å²) >= 11 is -1.58. The fourth-order valence-electron chi connectivity index (χ4n) is 1.15. The van der Waals surface area contributed by atoms with Crippen LogP contribution in [0.1, 0.15) is 18.2 Å². The Hall–Kier alpha value is -1.45. The number of nitriles is 1. The van der Waals surface area contributed by atoms with E-state index in [0.29, 0.717) is 17.9 Å². The number of hydrogen-bond donors (Lipinski definition) is 0. The van der Waals surface area contributed by atoms with E-state index in [1.807, 2.05) is 13.0 Å². The molecule has 5 nitrogen and oxygen atoms in total. The van der Waals surface area contributed by atoms with Gasteiger partial charge in [0, 0.05) is 18.9 Å². The smallest absolute Gasteiger partial charge is 0.264 e. The molecule has 0 aromatic carbocycles. The lowest BCUT2D eigenvalue weighted by Gasteiger charge is -2.17. The SMILES string of the molecule is CCOS(=O)N(C)c1cc(C)ncc1C#N. The largest absolute Gasteiger partial charge is 0.274 e. The van der Waals surface area contributed by atoms with Crippen molar-refractivity contribution in [1.82, 2.24) is 4.98 Å². The second-order valence-corrected chi connectivity index (χ2v) is 4.29. The molecule has 1 rings (SSSR count). The van der Waals surface area contributed by atoms with Crippen molar-refractivity contribution in [3.05, 3.63) is 23.5 Å². The van der Waals surface area contributed by atoms with Gasteiger partial charge in [0.15, 0.2) is 0 Å². The van der Waals surface area contributed by atoms with Gasteiger partial charge in [-0.1, -0.05) is 0 Å². The molecule has 0 aliphatic carbocycles. The molecule has 0 aliphatic heterocycles. The number of nitrogens with zero attached hydrogens (tertiary/aromatic N) is 3. The van der Waals surface area contributed by atoms with Gasteiger partial charge in [-0.2, -0.15) is 5.26 Å². The minimum Gasteiger partial charge on any atom is -0.274 e. The van der Waals surface area contributed by atoms with Crippen LogP contribution in [0.4, 0.5) is 5.69 Å². The summed E-state index contributed by atoms with van der Waals surface area (Å²) in [6.07, 6.45) is 1.46. The summed E-state index contributed by atoms with van der Waals surface area (Å²) < 4.78 is 18.0. The van der Waals surface area contributed by atoms with E-state index < -0.39 is 11.3 Å². The van der Waals surface area contributed by atoms with Gasteiger partial charge in [0.25, 0.3) is 11.3 Å². The zero-order valence-electron chi connectivity index (χ0n) is 9.43. The maximum atomic E-state index is 11.6. The molecule has 0 fully saturated rings. The van der Waals surface area contributed by atoms with Gasteiger partial charge < -0.3 is 0 Å². The van der Waals surface area contributed by atoms with Gasteiger partial charge in [-0.05, 0) is 19.9 Å². The van der Waals surface area contributed by atoms with Crippen molar-refractivity contribution >= 4 is 17.0 Å². The lowest BCUT2D eigenvalue weighted by atomic mass is 10.2. The van der Waals surface area contributed by atoms with Crippen molar-refractivity contribution in [3.8, 4) is 6.07 Å². The van der Waals surface area contributed by atoms with Crippen LogP contribution in [0.5, 0.6) is 0 Å². The first-order valence-corrected chi connectivity index (χ1v) is 5.79. The lowest BCUT2D eigenvalue weighted by Crippen LogP contribution is -2.23. The molecule has 0 bridgehead atoms. The average molecular weight is 239 g/mol. The van der Waals surface area contributed by atoms with Crippen LogP contribution in [0.3, 0.4) is 0 Å². The normalized spacial score (nSPS) is 11.9. The zero-order chi connectivity index (χ0) is 12.1. The molecule has 1 unspecified atom stereocenters. The summed E-state index contributed by atoms with van der Waals surface area (Å²) in [6.45, 7) is 3.92. The van der Waals surface area contributed by atoms with Crippen molar-refractivity contribution in [1.29, 1.82) is 5.26 Å². The third kappa shape index (κ3) is 2.78. The van der Waals surface area contributed by atoms with E-state index in [0.717, 1.165) is 5.69 Å². The van der Waals surface area contributed by atoms with Gasteiger partial charge in [0.2, 0.25) is 0 Å². The van der Waals surface area contributed by atoms with Gasteiger partial charge in [-0.25, -0.2) is 4.21 Å². The van der Waals surface area contributed by atoms with E-state index in [1.54, 1.807) is 20.0 Å². The predicted octanol–water partition coefficient (Wildman–Crippen LogP) is 1.31. The molecular weight excluding hydrogens is 226 g/mol. The Kier molecular flexibility index (Phi) is 4.40. The molecule has 0 aliphatic rings. The Bertz CT molecular complexity index is 442. The van der Waals surface area contributed by atoms with E-state index in [9.17, 15) is 4.21 Å². The fourth-order valence-corrected chi connectivity index (χ4v) is 1.82. The van der Waals surface area contributed by atoms with Crippen LogP contribution in [0.15, 0.2) is 12.3 Å². The first-order valence-electron chi connectivity index (χ1n) is 4.75. The van der Waals surface area contributed by atoms with Gasteiger partial charge in [-0.15, -0.1) is 0 Å². The highest BCUT2D eigenvalue weighted by atomic mass is 32.2. The topological polar surface area (TPSA) is 66.2 Å². The third-order valence-corrected chi connectivity index (χ3v) is 3.00. The molecule has 0 radical (unpaired) electrons. The van der Waals surface area contributed by atoms with Crippen LogP contribution in [0.2, 0.25) is 0 Å². The summed E-state index contributed by atoms with van der Waals surface area (Å²) in [4.78, 5) is 4.01. The Labute approximate surface area is 97.5 Å². The maximum Gasteiger partial charge on any atom is 0.264 e. The monoisotopic (exact) mass is 239 g/mol. The molecule has 1 aromatic heterocycles. The number of rotatable bonds is 4. The molecule has 86 valence electrons. The standard InChI is InChI=1S/C10H13N3O2S/c1-4-15-16(14)13(3)10-5-8(2)12-7-9(10)6-11/h5,7H,4H2,1-3H3. The van der Waals surface area contributed by atoms with Gasteiger partial charge in [-0.3, -0.25) is 13.5 Å². The number of anilines is 1. The van der Waals surface area contributed by atoms with Gasteiger partial charge in [0.05, 0.1) is 17.9 Å². The number of hydrogen-bond acceptors (Lipinski definition) is 4. The van der Waals surface area contributed by atoms with Gasteiger partial charge >= 0.3 is 0 Å². The van der Waals surface area contributed by atoms with Crippen LogP contribution in [0.25, 0.3) is 0 Å². The Balaban J connectivity index is 3.07. The Morgan fingerprint density at radius 2 is 2.38 bits per heavy atom. The molecule has 0 amide bonds. The fraction of sp³-hybridized carbons (Fsp3) is 0.400. The van der Waals surface area contributed by atoms with E-state index in [-0.39, 0.29) is 0 Å². The van der Waals surface area contributed by atoms with Crippen LogP contribution >= 0.6 is 0 Å². The number of pyridine rings is 1. The van der Waals surface area contributed by atoms with E-state index in [4.69, 9.17) is 9.44 Å². The maximum absolute atomic E-state index is 11.6. The first-order chi connectivity index (χ1) is 7.60. The van der Waals surface area contributed by atoms with Crippen molar-refractivity contribution in [2.45, 2.75) is 13.8 Å². The summed E-state index contributed by atoms with van der Waals surface area (Å²) in [5.74, 6) is 0. The van der Waals surface area contributed by atoms with E-state index >= 15 is 0 Å².